The van der Waals surface area contributed by atoms with Crippen LogP contribution < -0.4 is 10.3 Å². The maximum Gasteiger partial charge on any atom is 0.336 e. The molecule has 0 aliphatic carbocycles. The van der Waals surface area contributed by atoms with Crippen molar-refractivity contribution in [3.8, 4) is 0 Å². The lowest BCUT2D eigenvalue weighted by Crippen LogP contribution is -2.36. The van der Waals surface area contributed by atoms with Gasteiger partial charge in [-0.1, -0.05) is 13.8 Å². The smallest absolute Gasteiger partial charge is 0.336 e. The second-order valence-electron chi connectivity index (χ2n) is 5.11. The first-order valence-corrected chi connectivity index (χ1v) is 7.84. The number of rotatable bonds is 4. The largest absolute Gasteiger partial charge is 0.423 e. The highest BCUT2D eigenvalue weighted by Gasteiger charge is 2.19. The molecule has 1 heterocycles. The summed E-state index contributed by atoms with van der Waals surface area (Å²) in [6, 6.07) is 7.07. The zero-order valence-electron chi connectivity index (χ0n) is 11.6. The minimum atomic E-state index is -3.58. The van der Waals surface area contributed by atoms with E-state index in [9.17, 15) is 13.2 Å². The van der Waals surface area contributed by atoms with Gasteiger partial charge in [0.15, 0.2) is 0 Å². The van der Waals surface area contributed by atoms with Gasteiger partial charge in [-0.05, 0) is 37.1 Å². The molecule has 0 aliphatic rings. The second kappa shape index (κ2) is 5.38. The van der Waals surface area contributed by atoms with Gasteiger partial charge in [0, 0.05) is 17.5 Å². The topological polar surface area (TPSA) is 76.4 Å². The van der Waals surface area contributed by atoms with Gasteiger partial charge < -0.3 is 4.42 Å². The number of sulfonamides is 1. The molecule has 108 valence electrons. The highest BCUT2D eigenvalue weighted by atomic mass is 32.2. The van der Waals surface area contributed by atoms with Gasteiger partial charge in [0.25, 0.3) is 0 Å². The average molecular weight is 295 g/mol. The monoisotopic (exact) mass is 295 g/mol. The minimum absolute atomic E-state index is 0.159. The fourth-order valence-electron chi connectivity index (χ4n) is 1.67. The third-order valence-corrected chi connectivity index (χ3v) is 4.80. The van der Waals surface area contributed by atoms with E-state index < -0.39 is 15.6 Å². The molecule has 0 saturated heterocycles. The standard InChI is InChI=1S/C14H17NO4S/c1-9(2)10(3)15-20(17,18)12-5-6-13-11(8-12)4-7-14(16)19-13/h4-10,15H,1-3H3. The summed E-state index contributed by atoms with van der Waals surface area (Å²) in [5.74, 6) is 0.197. The molecular formula is C14H17NO4S. The van der Waals surface area contributed by atoms with Gasteiger partial charge in [-0.25, -0.2) is 17.9 Å². The lowest BCUT2D eigenvalue weighted by molar-refractivity contribution is 0.476. The highest BCUT2D eigenvalue weighted by Crippen LogP contribution is 2.18. The number of hydrogen-bond acceptors (Lipinski definition) is 4. The summed E-state index contributed by atoms with van der Waals surface area (Å²) in [6.07, 6.45) is 0. The van der Waals surface area contributed by atoms with Crippen LogP contribution in [0.4, 0.5) is 0 Å². The van der Waals surface area contributed by atoms with Crippen molar-refractivity contribution in [3.05, 3.63) is 40.8 Å². The van der Waals surface area contributed by atoms with Gasteiger partial charge in [0.05, 0.1) is 4.90 Å². The van der Waals surface area contributed by atoms with Crippen molar-refractivity contribution >= 4 is 21.0 Å². The zero-order chi connectivity index (χ0) is 14.9. The summed E-state index contributed by atoms with van der Waals surface area (Å²) >= 11 is 0. The molecule has 1 N–H and O–H groups in total. The van der Waals surface area contributed by atoms with Crippen LogP contribution in [0.1, 0.15) is 20.8 Å². The molecule has 0 amide bonds. The predicted molar refractivity (Wildman–Crippen MR) is 77.1 cm³/mol. The predicted octanol–water partition coefficient (Wildman–Crippen LogP) is 2.12. The van der Waals surface area contributed by atoms with Crippen molar-refractivity contribution in [2.75, 3.05) is 0 Å². The van der Waals surface area contributed by atoms with E-state index in [4.69, 9.17) is 4.42 Å². The highest BCUT2D eigenvalue weighted by molar-refractivity contribution is 7.89. The van der Waals surface area contributed by atoms with Gasteiger partial charge in [0.1, 0.15) is 5.58 Å². The van der Waals surface area contributed by atoms with E-state index in [2.05, 4.69) is 4.72 Å². The van der Waals surface area contributed by atoms with E-state index in [0.29, 0.717) is 11.0 Å². The van der Waals surface area contributed by atoms with E-state index in [1.807, 2.05) is 20.8 Å². The molecular weight excluding hydrogens is 278 g/mol. The number of fused-ring (bicyclic) bond motifs is 1. The molecule has 6 heteroatoms. The maximum atomic E-state index is 12.3. The van der Waals surface area contributed by atoms with Crippen LogP contribution in [0.15, 0.2) is 44.4 Å². The molecule has 0 radical (unpaired) electrons. The van der Waals surface area contributed by atoms with Crippen LogP contribution in [0.25, 0.3) is 11.0 Å². The Hall–Kier alpha value is -1.66. The van der Waals surface area contributed by atoms with Crippen LogP contribution in [0.5, 0.6) is 0 Å². The summed E-state index contributed by atoms with van der Waals surface area (Å²) in [6.45, 7) is 5.72. The molecule has 0 spiro atoms. The summed E-state index contributed by atoms with van der Waals surface area (Å²) in [5.41, 5.74) is -0.0898. The van der Waals surface area contributed by atoms with Crippen molar-refractivity contribution < 1.29 is 12.8 Å². The SMILES string of the molecule is CC(C)C(C)NS(=O)(=O)c1ccc2oc(=O)ccc2c1. The molecule has 0 fully saturated rings. The molecule has 1 aromatic heterocycles. The number of hydrogen-bond donors (Lipinski definition) is 1. The third kappa shape index (κ3) is 3.08. The molecule has 1 atom stereocenters. The normalized spacial score (nSPS) is 13.8. The van der Waals surface area contributed by atoms with Crippen molar-refractivity contribution in [3.63, 3.8) is 0 Å². The first kappa shape index (κ1) is 14.7. The Morgan fingerprint density at radius 1 is 1.10 bits per heavy atom. The van der Waals surface area contributed by atoms with E-state index in [0.717, 1.165) is 0 Å². The van der Waals surface area contributed by atoms with Gasteiger partial charge in [0.2, 0.25) is 10.0 Å². The zero-order valence-corrected chi connectivity index (χ0v) is 12.4. The van der Waals surface area contributed by atoms with Crippen LogP contribution >= 0.6 is 0 Å². The van der Waals surface area contributed by atoms with Gasteiger partial charge >= 0.3 is 5.63 Å². The van der Waals surface area contributed by atoms with Crippen LogP contribution in [-0.2, 0) is 10.0 Å². The van der Waals surface area contributed by atoms with Crippen LogP contribution in [0.3, 0.4) is 0 Å². The summed E-state index contributed by atoms with van der Waals surface area (Å²) in [4.78, 5) is 11.2. The molecule has 2 rings (SSSR count). The van der Waals surface area contributed by atoms with Crippen molar-refractivity contribution in [2.45, 2.75) is 31.7 Å². The van der Waals surface area contributed by atoms with Crippen molar-refractivity contribution in [2.24, 2.45) is 5.92 Å². The van der Waals surface area contributed by atoms with Crippen LogP contribution in [-0.4, -0.2) is 14.5 Å². The first-order valence-electron chi connectivity index (χ1n) is 6.36. The summed E-state index contributed by atoms with van der Waals surface area (Å²) in [7, 11) is -3.58. The van der Waals surface area contributed by atoms with E-state index in [-0.39, 0.29) is 16.9 Å². The van der Waals surface area contributed by atoms with E-state index in [1.165, 1.54) is 24.3 Å². The van der Waals surface area contributed by atoms with Gasteiger partial charge in [-0.2, -0.15) is 0 Å². The lowest BCUT2D eigenvalue weighted by Gasteiger charge is -2.17. The molecule has 5 nitrogen and oxygen atoms in total. The van der Waals surface area contributed by atoms with Crippen LogP contribution in [0.2, 0.25) is 0 Å². The maximum absolute atomic E-state index is 12.3. The molecule has 1 unspecified atom stereocenters. The van der Waals surface area contributed by atoms with Gasteiger partial charge in [-0.3, -0.25) is 0 Å². The minimum Gasteiger partial charge on any atom is -0.423 e. The second-order valence-corrected chi connectivity index (χ2v) is 6.82. The number of nitrogens with one attached hydrogen (secondary N) is 1. The molecule has 20 heavy (non-hydrogen) atoms. The lowest BCUT2D eigenvalue weighted by atomic mass is 10.1. The van der Waals surface area contributed by atoms with E-state index in [1.54, 1.807) is 6.07 Å². The first-order chi connectivity index (χ1) is 9.29. The summed E-state index contributed by atoms with van der Waals surface area (Å²) < 4.78 is 32.1. The van der Waals surface area contributed by atoms with Crippen molar-refractivity contribution in [1.29, 1.82) is 0 Å². The Bertz CT molecular complexity index is 777. The third-order valence-electron chi connectivity index (χ3n) is 3.24. The number of benzene rings is 1. The summed E-state index contributed by atoms with van der Waals surface area (Å²) in [5, 5.41) is 0.574. The Morgan fingerprint density at radius 2 is 1.80 bits per heavy atom. The van der Waals surface area contributed by atoms with Crippen molar-refractivity contribution in [1.82, 2.24) is 4.72 Å². The fourth-order valence-corrected chi connectivity index (χ4v) is 3.09. The Morgan fingerprint density at radius 3 is 2.45 bits per heavy atom. The molecule has 0 aliphatic heterocycles. The molecule has 0 bridgehead atoms. The quantitative estimate of drug-likeness (QED) is 0.876. The van der Waals surface area contributed by atoms with Crippen LogP contribution in [0, 0.1) is 5.92 Å². The van der Waals surface area contributed by atoms with Gasteiger partial charge in [-0.15, -0.1) is 0 Å². The fraction of sp³-hybridized carbons (Fsp3) is 0.357. The Labute approximate surface area is 117 Å². The molecule has 0 saturated carbocycles. The average Bonchev–Trinajstić information content (AvgIpc) is 2.37. The Balaban J connectivity index is 2.42. The molecule has 1 aromatic carbocycles. The Kier molecular flexibility index (Phi) is 3.96. The molecule has 2 aromatic rings. The van der Waals surface area contributed by atoms with E-state index >= 15 is 0 Å².